The molecule has 1 fully saturated rings. The van der Waals surface area contributed by atoms with E-state index in [0.29, 0.717) is 5.88 Å². The first kappa shape index (κ1) is 14.9. The first-order valence-electron chi connectivity index (χ1n) is 7.98. The predicted octanol–water partition coefficient (Wildman–Crippen LogP) is 3.61. The van der Waals surface area contributed by atoms with Gasteiger partial charge in [-0.15, -0.1) is 11.6 Å². The van der Waals surface area contributed by atoms with E-state index in [-0.39, 0.29) is 0 Å². The number of aromatic nitrogens is 2. The molecule has 0 spiro atoms. The first-order valence-corrected chi connectivity index (χ1v) is 8.52. The maximum Gasteiger partial charge on any atom is 0.111 e. The van der Waals surface area contributed by atoms with Gasteiger partial charge in [-0.25, -0.2) is 4.98 Å². The standard InChI is InChI=1S/C17H24ClN3/c1-3-20(14-5-6-14)10-11-21-16-12-13(2)4-7-15(16)19-17(21)8-9-18/h4,7,12,14H,3,5-6,8-11H2,1-2H3. The van der Waals surface area contributed by atoms with Crippen LogP contribution in [-0.4, -0.2) is 39.5 Å². The molecule has 0 bridgehead atoms. The molecule has 0 amide bonds. The molecule has 4 heteroatoms. The van der Waals surface area contributed by atoms with Gasteiger partial charge in [-0.2, -0.15) is 0 Å². The van der Waals surface area contributed by atoms with Crippen molar-refractivity contribution < 1.29 is 0 Å². The maximum atomic E-state index is 5.95. The van der Waals surface area contributed by atoms with Crippen LogP contribution in [0.1, 0.15) is 31.2 Å². The van der Waals surface area contributed by atoms with Crippen molar-refractivity contribution in [1.29, 1.82) is 0 Å². The van der Waals surface area contributed by atoms with Crippen LogP contribution in [-0.2, 0) is 13.0 Å². The van der Waals surface area contributed by atoms with Crippen LogP contribution in [0, 0.1) is 6.92 Å². The molecule has 0 saturated heterocycles. The lowest BCUT2D eigenvalue weighted by Gasteiger charge is -2.21. The SMILES string of the molecule is CCN(CCn1c(CCCl)nc2ccc(C)cc21)C1CC1. The molecular weight excluding hydrogens is 282 g/mol. The Bertz CT molecular complexity index is 616. The van der Waals surface area contributed by atoms with Gasteiger partial charge in [0.2, 0.25) is 0 Å². The summed E-state index contributed by atoms with van der Waals surface area (Å²) in [6, 6.07) is 7.32. The summed E-state index contributed by atoms with van der Waals surface area (Å²) in [5.74, 6) is 1.75. The summed E-state index contributed by atoms with van der Waals surface area (Å²) in [4.78, 5) is 7.36. The number of fused-ring (bicyclic) bond motifs is 1. The summed E-state index contributed by atoms with van der Waals surface area (Å²) in [6.07, 6.45) is 3.57. The van der Waals surface area contributed by atoms with Crippen molar-refractivity contribution in [3.05, 3.63) is 29.6 Å². The van der Waals surface area contributed by atoms with Crippen LogP contribution in [0.4, 0.5) is 0 Å². The summed E-state index contributed by atoms with van der Waals surface area (Å²) >= 11 is 5.95. The van der Waals surface area contributed by atoms with Crippen molar-refractivity contribution in [2.75, 3.05) is 19.0 Å². The monoisotopic (exact) mass is 305 g/mol. The minimum atomic E-state index is 0.627. The van der Waals surface area contributed by atoms with Crippen molar-refractivity contribution in [1.82, 2.24) is 14.5 Å². The number of halogens is 1. The molecule has 1 aliphatic carbocycles. The molecule has 3 rings (SSSR count). The van der Waals surface area contributed by atoms with E-state index < -0.39 is 0 Å². The molecule has 1 saturated carbocycles. The number of hydrogen-bond donors (Lipinski definition) is 0. The second-order valence-electron chi connectivity index (χ2n) is 5.97. The molecule has 1 aromatic carbocycles. The van der Waals surface area contributed by atoms with E-state index in [1.807, 2.05) is 0 Å². The highest BCUT2D eigenvalue weighted by Gasteiger charge is 2.27. The molecule has 1 aliphatic rings. The number of rotatable bonds is 7. The zero-order valence-corrected chi connectivity index (χ0v) is 13.7. The van der Waals surface area contributed by atoms with Crippen molar-refractivity contribution >= 4 is 22.6 Å². The van der Waals surface area contributed by atoms with Gasteiger partial charge in [0.15, 0.2) is 0 Å². The number of imidazole rings is 1. The van der Waals surface area contributed by atoms with Gasteiger partial charge in [0, 0.05) is 31.4 Å². The van der Waals surface area contributed by atoms with Gasteiger partial charge in [0.1, 0.15) is 5.82 Å². The van der Waals surface area contributed by atoms with Gasteiger partial charge < -0.3 is 4.57 Å². The Balaban J connectivity index is 1.86. The number of nitrogens with zero attached hydrogens (tertiary/aromatic N) is 3. The lowest BCUT2D eigenvalue weighted by Crippen LogP contribution is -2.29. The largest absolute Gasteiger partial charge is 0.327 e. The number of benzene rings is 1. The predicted molar refractivity (Wildman–Crippen MR) is 89.2 cm³/mol. The summed E-state index contributed by atoms with van der Waals surface area (Å²) in [5, 5.41) is 0. The number of aryl methyl sites for hydroxylation is 2. The molecule has 114 valence electrons. The quantitative estimate of drug-likeness (QED) is 0.729. The average Bonchev–Trinajstić information content (AvgIpc) is 3.25. The van der Waals surface area contributed by atoms with Crippen molar-refractivity contribution in [2.45, 2.75) is 45.7 Å². The third kappa shape index (κ3) is 3.24. The van der Waals surface area contributed by atoms with Crippen molar-refractivity contribution in [3.63, 3.8) is 0 Å². The molecule has 0 unspecified atom stereocenters. The van der Waals surface area contributed by atoms with Crippen LogP contribution in [0.5, 0.6) is 0 Å². The minimum Gasteiger partial charge on any atom is -0.327 e. The van der Waals surface area contributed by atoms with Gasteiger partial charge in [0.25, 0.3) is 0 Å². The van der Waals surface area contributed by atoms with E-state index in [4.69, 9.17) is 16.6 Å². The topological polar surface area (TPSA) is 21.1 Å². The smallest absolute Gasteiger partial charge is 0.111 e. The van der Waals surface area contributed by atoms with E-state index in [1.54, 1.807) is 0 Å². The third-order valence-electron chi connectivity index (χ3n) is 4.38. The van der Waals surface area contributed by atoms with Crippen LogP contribution in [0.3, 0.4) is 0 Å². The second-order valence-corrected chi connectivity index (χ2v) is 6.35. The average molecular weight is 306 g/mol. The Labute approximate surface area is 131 Å². The Morgan fingerprint density at radius 2 is 2.19 bits per heavy atom. The van der Waals surface area contributed by atoms with Gasteiger partial charge in [0.05, 0.1) is 11.0 Å². The Hall–Kier alpha value is -1.06. The van der Waals surface area contributed by atoms with Crippen LogP contribution < -0.4 is 0 Å². The molecule has 1 aromatic heterocycles. The Morgan fingerprint density at radius 1 is 1.38 bits per heavy atom. The molecule has 3 nitrogen and oxygen atoms in total. The highest BCUT2D eigenvalue weighted by atomic mass is 35.5. The summed E-state index contributed by atoms with van der Waals surface area (Å²) in [7, 11) is 0. The highest BCUT2D eigenvalue weighted by Crippen LogP contribution is 2.27. The van der Waals surface area contributed by atoms with E-state index in [1.165, 1.54) is 23.9 Å². The number of alkyl halides is 1. The zero-order chi connectivity index (χ0) is 14.8. The van der Waals surface area contributed by atoms with E-state index in [0.717, 1.165) is 43.4 Å². The van der Waals surface area contributed by atoms with E-state index in [2.05, 4.69) is 41.5 Å². The summed E-state index contributed by atoms with van der Waals surface area (Å²) < 4.78 is 2.37. The van der Waals surface area contributed by atoms with Crippen molar-refractivity contribution in [3.8, 4) is 0 Å². The van der Waals surface area contributed by atoms with Crippen LogP contribution in [0.2, 0.25) is 0 Å². The van der Waals surface area contributed by atoms with E-state index in [9.17, 15) is 0 Å². The zero-order valence-electron chi connectivity index (χ0n) is 13.0. The van der Waals surface area contributed by atoms with Crippen LogP contribution in [0.15, 0.2) is 18.2 Å². The first-order chi connectivity index (χ1) is 10.2. The molecule has 1 heterocycles. The van der Waals surface area contributed by atoms with Gasteiger partial charge in [-0.05, 0) is 44.0 Å². The lowest BCUT2D eigenvalue weighted by atomic mass is 10.2. The second kappa shape index (κ2) is 6.37. The Morgan fingerprint density at radius 3 is 2.86 bits per heavy atom. The fourth-order valence-corrected chi connectivity index (χ4v) is 3.24. The fraction of sp³-hybridized carbons (Fsp3) is 0.588. The third-order valence-corrected chi connectivity index (χ3v) is 4.57. The van der Waals surface area contributed by atoms with Crippen molar-refractivity contribution in [2.24, 2.45) is 0 Å². The van der Waals surface area contributed by atoms with Gasteiger partial charge >= 0.3 is 0 Å². The number of likely N-dealkylation sites (N-methyl/N-ethyl adjacent to an activating group) is 1. The van der Waals surface area contributed by atoms with E-state index >= 15 is 0 Å². The molecule has 0 aliphatic heterocycles. The normalized spacial score (nSPS) is 15.2. The molecule has 2 aromatic rings. The molecule has 0 N–H and O–H groups in total. The highest BCUT2D eigenvalue weighted by molar-refractivity contribution is 6.17. The van der Waals surface area contributed by atoms with Crippen LogP contribution in [0.25, 0.3) is 11.0 Å². The molecule has 21 heavy (non-hydrogen) atoms. The fourth-order valence-electron chi connectivity index (χ4n) is 3.07. The minimum absolute atomic E-state index is 0.627. The molecule has 0 radical (unpaired) electrons. The molecule has 0 atom stereocenters. The summed E-state index contributed by atoms with van der Waals surface area (Å²) in [5.41, 5.74) is 3.63. The summed E-state index contributed by atoms with van der Waals surface area (Å²) in [6.45, 7) is 7.65. The van der Waals surface area contributed by atoms with Crippen LogP contribution >= 0.6 is 11.6 Å². The Kier molecular flexibility index (Phi) is 4.51. The van der Waals surface area contributed by atoms with Gasteiger partial charge in [-0.3, -0.25) is 4.90 Å². The molecular formula is C17H24ClN3. The van der Waals surface area contributed by atoms with Gasteiger partial charge in [-0.1, -0.05) is 13.0 Å². The maximum absolute atomic E-state index is 5.95. The lowest BCUT2D eigenvalue weighted by molar-refractivity contribution is 0.266. The number of hydrogen-bond acceptors (Lipinski definition) is 2.